The molecule has 2 heterocycles. The lowest BCUT2D eigenvalue weighted by Gasteiger charge is -2.34. The molecule has 1 N–H and O–H groups in total. The third-order valence-corrected chi connectivity index (χ3v) is 5.37. The van der Waals surface area contributed by atoms with Crippen LogP contribution < -0.4 is 5.32 Å². The number of likely N-dealkylation sites (tertiary alicyclic amines) is 1. The molecule has 1 fully saturated rings. The van der Waals surface area contributed by atoms with Gasteiger partial charge in [-0.05, 0) is 37.8 Å². The topological polar surface area (TPSA) is 96.0 Å². The van der Waals surface area contributed by atoms with E-state index in [-0.39, 0.29) is 24.0 Å². The summed E-state index contributed by atoms with van der Waals surface area (Å²) >= 11 is 0. The van der Waals surface area contributed by atoms with Gasteiger partial charge in [0.25, 0.3) is 11.8 Å². The van der Waals surface area contributed by atoms with Crippen LogP contribution in [-0.2, 0) is 9.53 Å². The van der Waals surface area contributed by atoms with E-state index in [2.05, 4.69) is 5.32 Å². The van der Waals surface area contributed by atoms with E-state index in [0.29, 0.717) is 43.7 Å². The first kappa shape index (κ1) is 20.8. The number of hydrogen-bond donors (Lipinski definition) is 1. The van der Waals surface area contributed by atoms with Gasteiger partial charge in [0.1, 0.15) is 6.04 Å². The second-order valence-electron chi connectivity index (χ2n) is 7.68. The summed E-state index contributed by atoms with van der Waals surface area (Å²) in [6.45, 7) is 6.70. The Hall–Kier alpha value is -2.90. The molecule has 2 aliphatic rings. The Labute approximate surface area is 170 Å². The van der Waals surface area contributed by atoms with Crippen LogP contribution in [0.3, 0.4) is 0 Å². The zero-order chi connectivity index (χ0) is 21.1. The molecule has 2 aliphatic heterocycles. The second kappa shape index (κ2) is 8.63. The van der Waals surface area contributed by atoms with Gasteiger partial charge in [-0.15, -0.1) is 0 Å². The Balaban J connectivity index is 1.67. The van der Waals surface area contributed by atoms with Crippen molar-refractivity contribution in [2.75, 3.05) is 19.7 Å². The van der Waals surface area contributed by atoms with Crippen molar-refractivity contribution in [1.82, 2.24) is 15.1 Å². The lowest BCUT2D eigenvalue weighted by Crippen LogP contribution is -2.55. The molecule has 3 rings (SSSR count). The fourth-order valence-electron chi connectivity index (χ4n) is 3.89. The number of nitrogens with zero attached hydrogens (tertiary/aromatic N) is 2. The highest BCUT2D eigenvalue weighted by atomic mass is 16.6. The number of carbonyl (C=O) groups excluding carboxylic acids is 4. The first-order chi connectivity index (χ1) is 13.8. The van der Waals surface area contributed by atoms with Crippen molar-refractivity contribution >= 4 is 23.8 Å². The number of hydrogen-bond acceptors (Lipinski definition) is 5. The number of benzene rings is 1. The molecule has 0 aliphatic carbocycles. The molecule has 156 valence electrons. The average Bonchev–Trinajstić information content (AvgIpc) is 2.94. The minimum Gasteiger partial charge on any atom is -0.450 e. The molecule has 1 unspecified atom stereocenters. The fraction of sp³-hybridized carbons (Fsp3) is 0.524. The van der Waals surface area contributed by atoms with E-state index in [9.17, 15) is 19.2 Å². The predicted molar refractivity (Wildman–Crippen MR) is 105 cm³/mol. The largest absolute Gasteiger partial charge is 0.450 e. The molecular weight excluding hydrogens is 374 g/mol. The minimum absolute atomic E-state index is 0.121. The Morgan fingerprint density at radius 3 is 2.14 bits per heavy atom. The summed E-state index contributed by atoms with van der Waals surface area (Å²) < 4.78 is 5.01. The molecule has 1 atom stereocenters. The van der Waals surface area contributed by atoms with Crippen LogP contribution in [0.15, 0.2) is 24.3 Å². The van der Waals surface area contributed by atoms with E-state index in [0.717, 1.165) is 4.90 Å². The Bertz CT molecular complexity index is 779. The summed E-state index contributed by atoms with van der Waals surface area (Å²) in [7, 11) is 0. The smallest absolute Gasteiger partial charge is 0.409 e. The number of imide groups is 1. The molecule has 1 aromatic carbocycles. The lowest BCUT2D eigenvalue weighted by molar-refractivity contribution is -0.127. The average molecular weight is 401 g/mol. The van der Waals surface area contributed by atoms with Crippen LogP contribution in [0.2, 0.25) is 0 Å². The Kier molecular flexibility index (Phi) is 6.20. The molecule has 0 aromatic heterocycles. The van der Waals surface area contributed by atoms with Crippen molar-refractivity contribution in [2.45, 2.75) is 45.7 Å². The molecule has 1 aromatic rings. The zero-order valence-electron chi connectivity index (χ0n) is 17.0. The summed E-state index contributed by atoms with van der Waals surface area (Å²) in [6, 6.07) is 5.62. The van der Waals surface area contributed by atoms with E-state index in [1.807, 2.05) is 13.8 Å². The SMILES string of the molecule is CCOC(=O)N1CCC(NC(=O)C(C(C)C)N2C(=O)c3ccccc3C2=O)CC1. The molecule has 0 spiro atoms. The maximum atomic E-state index is 13.0. The summed E-state index contributed by atoms with van der Waals surface area (Å²) in [4.78, 5) is 53.1. The highest BCUT2D eigenvalue weighted by Gasteiger charge is 2.44. The number of piperidine rings is 1. The second-order valence-corrected chi connectivity index (χ2v) is 7.68. The van der Waals surface area contributed by atoms with E-state index in [1.165, 1.54) is 0 Å². The first-order valence-corrected chi connectivity index (χ1v) is 10.0. The number of amides is 4. The van der Waals surface area contributed by atoms with Gasteiger partial charge in [0.05, 0.1) is 17.7 Å². The monoisotopic (exact) mass is 401 g/mol. The maximum Gasteiger partial charge on any atom is 0.409 e. The quantitative estimate of drug-likeness (QED) is 0.762. The number of rotatable bonds is 5. The molecule has 1 saturated heterocycles. The normalized spacial score (nSPS) is 18.1. The van der Waals surface area contributed by atoms with Crippen LogP contribution in [0.1, 0.15) is 54.3 Å². The molecule has 0 saturated carbocycles. The van der Waals surface area contributed by atoms with Gasteiger partial charge in [-0.2, -0.15) is 0 Å². The summed E-state index contributed by atoms with van der Waals surface area (Å²) in [5.74, 6) is -1.45. The van der Waals surface area contributed by atoms with Gasteiger partial charge in [0.15, 0.2) is 0 Å². The fourth-order valence-corrected chi connectivity index (χ4v) is 3.89. The number of fused-ring (bicyclic) bond motifs is 1. The number of carbonyl (C=O) groups is 4. The van der Waals surface area contributed by atoms with Gasteiger partial charge >= 0.3 is 6.09 Å². The van der Waals surface area contributed by atoms with Crippen LogP contribution in [0.5, 0.6) is 0 Å². The van der Waals surface area contributed by atoms with E-state index in [4.69, 9.17) is 4.74 Å². The first-order valence-electron chi connectivity index (χ1n) is 10.0. The molecule has 8 heteroatoms. The number of ether oxygens (including phenoxy) is 1. The summed E-state index contributed by atoms with van der Waals surface area (Å²) in [5, 5.41) is 2.97. The van der Waals surface area contributed by atoms with Gasteiger partial charge in [0, 0.05) is 19.1 Å². The minimum atomic E-state index is -0.884. The summed E-state index contributed by atoms with van der Waals surface area (Å²) in [6.07, 6.45) is 0.845. The maximum absolute atomic E-state index is 13.0. The Morgan fingerprint density at radius 2 is 1.66 bits per heavy atom. The zero-order valence-corrected chi connectivity index (χ0v) is 17.0. The van der Waals surface area contributed by atoms with Gasteiger partial charge in [-0.25, -0.2) is 4.79 Å². The molecule has 29 heavy (non-hydrogen) atoms. The van der Waals surface area contributed by atoms with Crippen molar-refractivity contribution in [2.24, 2.45) is 5.92 Å². The van der Waals surface area contributed by atoms with Gasteiger partial charge in [-0.1, -0.05) is 26.0 Å². The van der Waals surface area contributed by atoms with Gasteiger partial charge in [0.2, 0.25) is 5.91 Å². The van der Waals surface area contributed by atoms with Crippen molar-refractivity contribution in [3.05, 3.63) is 35.4 Å². The van der Waals surface area contributed by atoms with Crippen molar-refractivity contribution in [3.63, 3.8) is 0 Å². The molecular formula is C21H27N3O5. The molecule has 8 nitrogen and oxygen atoms in total. The predicted octanol–water partition coefficient (Wildman–Crippen LogP) is 2.04. The highest BCUT2D eigenvalue weighted by molar-refractivity contribution is 6.22. The third kappa shape index (κ3) is 4.11. The Morgan fingerprint density at radius 1 is 1.10 bits per heavy atom. The third-order valence-electron chi connectivity index (χ3n) is 5.37. The lowest BCUT2D eigenvalue weighted by atomic mass is 9.99. The highest BCUT2D eigenvalue weighted by Crippen LogP contribution is 2.27. The standard InChI is InChI=1S/C21H27N3O5/c1-4-29-21(28)23-11-9-14(10-12-23)22-18(25)17(13(2)3)24-19(26)15-7-5-6-8-16(15)20(24)27/h5-8,13-14,17H,4,9-12H2,1-3H3,(H,22,25). The van der Waals surface area contributed by atoms with E-state index >= 15 is 0 Å². The van der Waals surface area contributed by atoms with E-state index in [1.54, 1.807) is 36.1 Å². The van der Waals surface area contributed by atoms with Gasteiger partial charge in [-0.3, -0.25) is 19.3 Å². The van der Waals surface area contributed by atoms with Crippen LogP contribution in [-0.4, -0.2) is 65.4 Å². The van der Waals surface area contributed by atoms with Crippen molar-refractivity contribution in [1.29, 1.82) is 0 Å². The summed E-state index contributed by atoms with van der Waals surface area (Å²) in [5.41, 5.74) is 0.664. The van der Waals surface area contributed by atoms with Crippen LogP contribution >= 0.6 is 0 Å². The molecule has 0 radical (unpaired) electrons. The van der Waals surface area contributed by atoms with E-state index < -0.39 is 17.9 Å². The van der Waals surface area contributed by atoms with Crippen LogP contribution in [0.25, 0.3) is 0 Å². The van der Waals surface area contributed by atoms with Crippen LogP contribution in [0.4, 0.5) is 4.79 Å². The van der Waals surface area contributed by atoms with Crippen LogP contribution in [0, 0.1) is 5.92 Å². The van der Waals surface area contributed by atoms with Gasteiger partial charge < -0.3 is 15.0 Å². The molecule has 0 bridgehead atoms. The van der Waals surface area contributed by atoms with Crippen molar-refractivity contribution in [3.8, 4) is 0 Å². The van der Waals surface area contributed by atoms with Crippen molar-refractivity contribution < 1.29 is 23.9 Å². The number of nitrogens with one attached hydrogen (secondary N) is 1. The molecule has 4 amide bonds.